The van der Waals surface area contributed by atoms with E-state index in [2.05, 4.69) is 17.0 Å². The van der Waals surface area contributed by atoms with E-state index in [1.807, 2.05) is 6.92 Å². The number of hydrogen-bond acceptors (Lipinski definition) is 11. The Morgan fingerprint density at radius 1 is 1.22 bits per heavy atom. The summed E-state index contributed by atoms with van der Waals surface area (Å²) in [5.74, 6) is -3.22. The monoisotopic (exact) mass is 651 g/mol. The van der Waals surface area contributed by atoms with Gasteiger partial charge in [-0.2, -0.15) is 0 Å². The van der Waals surface area contributed by atoms with Gasteiger partial charge in [0.05, 0.1) is 17.9 Å². The normalized spacial score (nSPS) is 25.0. The molecule has 0 aliphatic carbocycles. The second-order valence-corrected chi connectivity index (χ2v) is 11.0. The molecule has 13 nitrogen and oxygen atoms in total. The number of aliphatic hydroxyl groups excluding tert-OH is 1. The predicted molar refractivity (Wildman–Crippen MR) is 169 cm³/mol. The third-order valence-electron chi connectivity index (χ3n) is 7.34. The topological polar surface area (TPSA) is 199 Å². The van der Waals surface area contributed by atoms with E-state index in [0.29, 0.717) is 0 Å². The molecule has 45 heavy (non-hydrogen) atoms. The van der Waals surface area contributed by atoms with Gasteiger partial charge in [-0.05, 0) is 32.4 Å². The number of anilines is 1. The molecule has 0 aromatic heterocycles. The zero-order valence-electron chi connectivity index (χ0n) is 26.0. The highest BCUT2D eigenvalue weighted by Crippen LogP contribution is 2.43. The summed E-state index contributed by atoms with van der Waals surface area (Å²) in [6, 6.07) is 1.18. The van der Waals surface area contributed by atoms with Crippen molar-refractivity contribution in [3.05, 3.63) is 47.1 Å². The van der Waals surface area contributed by atoms with Crippen molar-refractivity contribution in [2.24, 2.45) is 22.6 Å². The number of rotatable bonds is 7. The van der Waals surface area contributed by atoms with Crippen LogP contribution in [0.25, 0.3) is 0 Å². The van der Waals surface area contributed by atoms with Crippen LogP contribution in [0.3, 0.4) is 0 Å². The highest BCUT2D eigenvalue weighted by molar-refractivity contribution is 6.26. The maximum absolute atomic E-state index is 13.0. The lowest BCUT2D eigenvalue weighted by Crippen LogP contribution is -2.38. The summed E-state index contributed by atoms with van der Waals surface area (Å²) in [4.78, 5) is 40.8. The van der Waals surface area contributed by atoms with Gasteiger partial charge in [-0.1, -0.05) is 38.2 Å². The first kappa shape index (κ1) is 37.3. The smallest absolute Gasteiger partial charge is 0.405 e. The minimum Gasteiger partial charge on any atom is -0.506 e. The number of benzene rings is 1. The lowest BCUT2D eigenvalue weighted by atomic mass is 9.87. The molecule has 1 heterocycles. The number of nitrogens with one attached hydrogen (secondary N) is 1. The average Bonchev–Trinajstić information content (AvgIpc) is 3.00. The van der Waals surface area contributed by atoms with Crippen molar-refractivity contribution in [1.29, 1.82) is 0 Å². The molecule has 0 unspecified atom stereocenters. The first-order valence-corrected chi connectivity index (χ1v) is 14.6. The fourth-order valence-electron chi connectivity index (χ4n) is 4.96. The van der Waals surface area contributed by atoms with Gasteiger partial charge in [0.1, 0.15) is 35.8 Å². The molecule has 0 radical (unpaired) electrons. The number of aliphatic hydroxyl groups is 1. The quantitative estimate of drug-likeness (QED) is 0.0724. The Morgan fingerprint density at radius 2 is 1.91 bits per heavy atom. The molecule has 0 fully saturated rings. The molecule has 0 spiro atoms. The standard InChI is InChI=1S/C31H42ClN3O10/c1-16-10-20-26(34-4)22(36)13-21(28(20)39)35-30(40)17(2)8-7-9-23(42-5)29(45-31(33)41)19(15-44-25(37)14-32)12-18(3)27(38)24(11-16)43-6/h7-9,12-13,16,18,23-24,27,29,36,38-39H,4,10-11,14-15H2,1-3,5-6H3,(H2,33,41)(H,35,40)/t16-,18-,23-,24-,27+,29-/m0/s1. The Balaban J connectivity index is 2.73. The van der Waals surface area contributed by atoms with Crippen LogP contribution in [0.5, 0.6) is 11.5 Å². The third-order valence-corrected chi connectivity index (χ3v) is 7.55. The first-order chi connectivity index (χ1) is 21.3. The number of aliphatic imine (C=N–C) groups is 1. The van der Waals surface area contributed by atoms with Crippen LogP contribution in [0, 0.1) is 11.8 Å². The zero-order valence-corrected chi connectivity index (χ0v) is 26.7. The van der Waals surface area contributed by atoms with Crippen molar-refractivity contribution in [3.63, 3.8) is 0 Å². The number of carbonyl (C=O) groups excluding carboxylic acids is 3. The number of aromatic hydroxyl groups is 2. The number of hydrogen-bond donors (Lipinski definition) is 5. The number of methoxy groups -OCH3 is 2. The summed E-state index contributed by atoms with van der Waals surface area (Å²) in [6.07, 6.45) is 1.27. The van der Waals surface area contributed by atoms with Crippen LogP contribution in [0.2, 0.25) is 0 Å². The predicted octanol–water partition coefficient (Wildman–Crippen LogP) is 3.65. The maximum Gasteiger partial charge on any atom is 0.405 e. The highest BCUT2D eigenvalue weighted by Gasteiger charge is 2.32. The van der Waals surface area contributed by atoms with Crippen LogP contribution in [0.1, 0.15) is 32.8 Å². The van der Waals surface area contributed by atoms with Gasteiger partial charge in [-0.3, -0.25) is 14.6 Å². The lowest BCUT2D eigenvalue weighted by molar-refractivity contribution is -0.140. The van der Waals surface area contributed by atoms with Gasteiger partial charge in [-0.25, -0.2) is 4.79 Å². The number of phenolic OH excluding ortho intramolecular Hbond substituents is 2. The van der Waals surface area contributed by atoms with Crippen molar-refractivity contribution >= 4 is 47.7 Å². The Labute approximate surface area is 267 Å². The van der Waals surface area contributed by atoms with Gasteiger partial charge in [-0.15, -0.1) is 11.6 Å². The van der Waals surface area contributed by atoms with E-state index in [1.165, 1.54) is 45.4 Å². The summed E-state index contributed by atoms with van der Waals surface area (Å²) in [5, 5.41) is 35.7. The van der Waals surface area contributed by atoms with E-state index >= 15 is 0 Å². The van der Waals surface area contributed by atoms with Crippen LogP contribution >= 0.6 is 11.6 Å². The molecule has 248 valence electrons. The van der Waals surface area contributed by atoms with E-state index in [1.54, 1.807) is 13.0 Å². The molecule has 14 heteroatoms. The molecule has 6 atom stereocenters. The van der Waals surface area contributed by atoms with Crippen LogP contribution in [-0.2, 0) is 35.0 Å². The van der Waals surface area contributed by atoms with Gasteiger partial charge in [0.15, 0.2) is 6.10 Å². The Hall–Kier alpha value is -3.91. The van der Waals surface area contributed by atoms with Crippen LogP contribution in [0.15, 0.2) is 46.5 Å². The number of esters is 1. The number of ether oxygens (including phenoxy) is 4. The van der Waals surface area contributed by atoms with Gasteiger partial charge < -0.3 is 45.3 Å². The van der Waals surface area contributed by atoms with E-state index in [0.717, 1.165) is 0 Å². The Kier molecular flexibility index (Phi) is 14.5. The van der Waals surface area contributed by atoms with Crippen molar-refractivity contribution in [1.82, 2.24) is 0 Å². The average molecular weight is 652 g/mol. The van der Waals surface area contributed by atoms with E-state index in [4.69, 9.17) is 36.3 Å². The third kappa shape index (κ3) is 10.3. The molecule has 1 aromatic rings. The van der Waals surface area contributed by atoms with Gasteiger partial charge in [0.25, 0.3) is 5.91 Å². The summed E-state index contributed by atoms with van der Waals surface area (Å²) in [7, 11) is 2.79. The van der Waals surface area contributed by atoms with Crippen LogP contribution in [-0.4, -0.2) is 91.1 Å². The van der Waals surface area contributed by atoms with Crippen LogP contribution in [0.4, 0.5) is 16.2 Å². The molecule has 1 aliphatic rings. The number of nitrogens with two attached hydrogens (primary N) is 1. The Morgan fingerprint density at radius 3 is 2.49 bits per heavy atom. The number of allylic oxidation sites excluding steroid dienone is 2. The molecular formula is C31H42ClN3O10. The van der Waals surface area contributed by atoms with Crippen molar-refractivity contribution < 1.29 is 48.7 Å². The number of fused-ring (bicyclic) bond motifs is 2. The summed E-state index contributed by atoms with van der Waals surface area (Å²) in [5.41, 5.74) is 6.11. The minimum atomic E-state index is -1.21. The fourth-order valence-corrected chi connectivity index (χ4v) is 5.04. The number of phenols is 2. The second-order valence-electron chi connectivity index (χ2n) is 10.7. The molecule has 2 rings (SSSR count). The first-order valence-electron chi connectivity index (χ1n) is 14.1. The lowest BCUT2D eigenvalue weighted by Gasteiger charge is -2.30. The van der Waals surface area contributed by atoms with E-state index in [9.17, 15) is 29.7 Å². The number of amides is 2. The molecule has 6 N–H and O–H groups in total. The van der Waals surface area contributed by atoms with E-state index < -0.39 is 54.2 Å². The molecule has 2 bridgehead atoms. The molecule has 0 saturated carbocycles. The SMILES string of the molecule is C=Nc1c(O)cc2c(O)c1C[C@H](C)C[C@H](OC)[C@H](O)[C@@H](C)C=C(COC(=O)CCl)[C@H](OC(N)=O)[C@@H](OC)C=CC=C(C)C(=O)N2. The molecule has 1 aromatic carbocycles. The number of carbonyl (C=O) groups is 3. The summed E-state index contributed by atoms with van der Waals surface area (Å²) < 4.78 is 21.9. The molecule has 2 amide bonds. The van der Waals surface area contributed by atoms with Crippen LogP contribution < -0.4 is 11.1 Å². The minimum absolute atomic E-state index is 0.0382. The van der Waals surface area contributed by atoms with Gasteiger partial charge in [0.2, 0.25) is 0 Å². The van der Waals surface area contributed by atoms with Gasteiger partial charge in [0, 0.05) is 42.9 Å². The highest BCUT2D eigenvalue weighted by atomic mass is 35.5. The number of primary amides is 1. The Bertz CT molecular complexity index is 1330. The van der Waals surface area contributed by atoms with Crippen molar-refractivity contribution in [3.8, 4) is 11.5 Å². The summed E-state index contributed by atoms with van der Waals surface area (Å²) >= 11 is 5.61. The number of nitrogens with zero attached hydrogens (tertiary/aromatic N) is 1. The zero-order chi connectivity index (χ0) is 33.8. The maximum atomic E-state index is 13.0. The van der Waals surface area contributed by atoms with Crippen molar-refractivity contribution in [2.75, 3.05) is 32.0 Å². The fraction of sp³-hybridized carbons (Fsp3) is 0.484. The molecule has 0 saturated heterocycles. The molecular weight excluding hydrogens is 610 g/mol. The number of halogens is 1. The molecule has 1 aliphatic heterocycles. The largest absolute Gasteiger partial charge is 0.506 e. The van der Waals surface area contributed by atoms with Gasteiger partial charge >= 0.3 is 12.1 Å². The summed E-state index contributed by atoms with van der Waals surface area (Å²) in [6.45, 7) is 8.20. The van der Waals surface area contributed by atoms with E-state index in [-0.39, 0.29) is 64.9 Å². The van der Waals surface area contributed by atoms with Crippen molar-refractivity contribution in [2.45, 2.75) is 58.0 Å². The second kappa shape index (κ2) is 17.5. The number of alkyl halides is 1.